The highest BCUT2D eigenvalue weighted by Crippen LogP contribution is 2.39. The number of hydrogen-bond donors (Lipinski definition) is 3. The summed E-state index contributed by atoms with van der Waals surface area (Å²) in [5.41, 5.74) is 5.10. The summed E-state index contributed by atoms with van der Waals surface area (Å²) < 4.78 is 1.09. The van der Waals surface area contributed by atoms with Crippen molar-refractivity contribution in [2.75, 3.05) is 17.2 Å². The Labute approximate surface area is 210 Å². The summed E-state index contributed by atoms with van der Waals surface area (Å²) in [6.07, 6.45) is 5.52. The second-order valence-electron chi connectivity index (χ2n) is 9.74. The van der Waals surface area contributed by atoms with Crippen molar-refractivity contribution in [2.24, 2.45) is 11.8 Å². The maximum absolute atomic E-state index is 9.72. The zero-order chi connectivity index (χ0) is 24.5. The van der Waals surface area contributed by atoms with Gasteiger partial charge >= 0.3 is 0 Å². The summed E-state index contributed by atoms with van der Waals surface area (Å²) in [5.74, 6) is 2.15. The van der Waals surface area contributed by atoms with Crippen molar-refractivity contribution in [3.05, 3.63) is 59.5 Å². The number of anilines is 2. The number of benzene rings is 1. The van der Waals surface area contributed by atoms with Crippen LogP contribution in [-0.2, 0) is 0 Å². The maximum Gasteiger partial charge on any atom is 0.225 e. The molecule has 182 valence electrons. The number of nitrogens with one attached hydrogen (secondary N) is 2. The smallest absolute Gasteiger partial charge is 0.225 e. The minimum atomic E-state index is 0.0615. The fraction of sp³-hybridized carbons (Fsp3) is 0.407. The van der Waals surface area contributed by atoms with Crippen LogP contribution in [0.15, 0.2) is 42.7 Å². The summed E-state index contributed by atoms with van der Waals surface area (Å²) in [5, 5.41) is 17.8. The standard InChI is InChI=1S/C27H32N6OS/c1-15-5-7-20(8-6-15)17(3)29-27-30-18(4)24(26-32-22-13-28-10-9-23(22)35-26)25(33-27)31-21-12-19(14-34)11-16(21)2/h5-10,13,16-17,19,21,34H,11-12,14H2,1-4H3,(H2,29,30,31,33)/t16-,17+,19?,21?/m0/s1. The number of aromatic nitrogens is 4. The molecule has 1 fully saturated rings. The minimum absolute atomic E-state index is 0.0615. The number of aryl methyl sites for hydroxylation is 2. The highest BCUT2D eigenvalue weighted by atomic mass is 32.1. The molecule has 4 atom stereocenters. The zero-order valence-electron chi connectivity index (χ0n) is 20.6. The zero-order valence-corrected chi connectivity index (χ0v) is 21.4. The van der Waals surface area contributed by atoms with Crippen LogP contribution in [0.2, 0.25) is 0 Å². The van der Waals surface area contributed by atoms with Crippen molar-refractivity contribution in [1.82, 2.24) is 19.9 Å². The summed E-state index contributed by atoms with van der Waals surface area (Å²) in [4.78, 5) is 18.9. The lowest BCUT2D eigenvalue weighted by molar-refractivity contribution is 0.226. The van der Waals surface area contributed by atoms with Crippen molar-refractivity contribution >= 4 is 33.3 Å². The molecule has 3 heterocycles. The summed E-state index contributed by atoms with van der Waals surface area (Å²) in [7, 11) is 0. The number of aliphatic hydroxyl groups excluding tert-OH is 1. The van der Waals surface area contributed by atoms with Gasteiger partial charge in [-0.2, -0.15) is 4.98 Å². The van der Waals surface area contributed by atoms with Gasteiger partial charge in [-0.3, -0.25) is 4.98 Å². The molecule has 1 aromatic carbocycles. The lowest BCUT2D eigenvalue weighted by atomic mass is 10.1. The highest BCUT2D eigenvalue weighted by molar-refractivity contribution is 7.21. The first-order valence-corrected chi connectivity index (χ1v) is 13.0. The molecule has 0 radical (unpaired) electrons. The number of hydrogen-bond acceptors (Lipinski definition) is 8. The van der Waals surface area contributed by atoms with Crippen molar-refractivity contribution in [2.45, 2.75) is 52.6 Å². The predicted octanol–water partition coefficient (Wildman–Crippen LogP) is 5.76. The van der Waals surface area contributed by atoms with Gasteiger partial charge in [-0.15, -0.1) is 11.3 Å². The number of thiazole rings is 1. The Balaban J connectivity index is 1.52. The van der Waals surface area contributed by atoms with Crippen LogP contribution in [0.3, 0.4) is 0 Å². The Kier molecular flexibility index (Phi) is 6.67. The predicted molar refractivity (Wildman–Crippen MR) is 143 cm³/mol. The topological polar surface area (TPSA) is 95.9 Å². The Morgan fingerprint density at radius 3 is 2.60 bits per heavy atom. The van der Waals surface area contributed by atoms with E-state index in [1.54, 1.807) is 23.7 Å². The fourth-order valence-electron chi connectivity index (χ4n) is 4.92. The second-order valence-corrected chi connectivity index (χ2v) is 10.8. The number of pyridine rings is 1. The van der Waals surface area contributed by atoms with Gasteiger partial charge in [-0.25, -0.2) is 9.97 Å². The van der Waals surface area contributed by atoms with E-state index < -0.39 is 0 Å². The number of fused-ring (bicyclic) bond motifs is 1. The molecule has 3 aromatic heterocycles. The first-order chi connectivity index (χ1) is 16.9. The molecule has 1 aliphatic rings. The molecule has 0 aliphatic heterocycles. The monoisotopic (exact) mass is 488 g/mol. The van der Waals surface area contributed by atoms with E-state index in [1.807, 2.05) is 13.0 Å². The van der Waals surface area contributed by atoms with Gasteiger partial charge in [0.1, 0.15) is 16.3 Å². The molecular weight excluding hydrogens is 456 g/mol. The van der Waals surface area contributed by atoms with Crippen LogP contribution in [-0.4, -0.2) is 37.7 Å². The molecule has 0 bridgehead atoms. The van der Waals surface area contributed by atoms with Crippen molar-refractivity contribution in [3.8, 4) is 10.6 Å². The molecule has 0 spiro atoms. The van der Waals surface area contributed by atoms with Crippen LogP contribution in [0, 0.1) is 25.7 Å². The Morgan fingerprint density at radius 1 is 1.09 bits per heavy atom. The molecule has 0 saturated heterocycles. The van der Waals surface area contributed by atoms with Gasteiger partial charge in [0, 0.05) is 18.8 Å². The van der Waals surface area contributed by atoms with Crippen molar-refractivity contribution in [1.29, 1.82) is 0 Å². The number of aliphatic hydroxyl groups is 1. The van der Waals surface area contributed by atoms with Crippen molar-refractivity contribution < 1.29 is 5.11 Å². The van der Waals surface area contributed by atoms with Gasteiger partial charge < -0.3 is 15.7 Å². The average Bonchev–Trinajstić information content (AvgIpc) is 3.42. The third-order valence-electron chi connectivity index (χ3n) is 6.98. The van der Waals surface area contributed by atoms with Gasteiger partial charge in [0.05, 0.1) is 28.2 Å². The van der Waals surface area contributed by atoms with Crippen molar-refractivity contribution in [3.63, 3.8) is 0 Å². The van der Waals surface area contributed by atoms with Crippen LogP contribution >= 0.6 is 11.3 Å². The molecule has 2 unspecified atom stereocenters. The van der Waals surface area contributed by atoms with E-state index in [9.17, 15) is 5.11 Å². The molecular formula is C27H32N6OS. The average molecular weight is 489 g/mol. The molecule has 1 aliphatic carbocycles. The fourth-order valence-corrected chi connectivity index (χ4v) is 5.95. The van der Waals surface area contributed by atoms with Crippen LogP contribution in [0.1, 0.15) is 49.6 Å². The van der Waals surface area contributed by atoms with Gasteiger partial charge in [-0.05, 0) is 57.1 Å². The molecule has 1 saturated carbocycles. The van der Waals surface area contributed by atoms with Gasteiger partial charge in [0.25, 0.3) is 0 Å². The van der Waals surface area contributed by atoms with Crippen LogP contribution in [0.4, 0.5) is 11.8 Å². The molecule has 35 heavy (non-hydrogen) atoms. The largest absolute Gasteiger partial charge is 0.396 e. The molecule has 8 heteroatoms. The van der Waals surface area contributed by atoms with E-state index in [2.05, 4.69) is 60.7 Å². The SMILES string of the molecule is Cc1ccc([C@@H](C)Nc2nc(C)c(-c3nc4cnccc4s3)c(NC3CC(CO)C[C@@H]3C)n2)cc1. The minimum Gasteiger partial charge on any atom is -0.396 e. The molecule has 4 aromatic rings. The normalized spacial score (nSPS) is 20.8. The number of rotatable bonds is 7. The Bertz CT molecular complexity index is 1290. The quantitative estimate of drug-likeness (QED) is 0.304. The summed E-state index contributed by atoms with van der Waals surface area (Å²) >= 11 is 1.63. The van der Waals surface area contributed by atoms with E-state index in [0.717, 1.165) is 45.1 Å². The first-order valence-electron chi connectivity index (χ1n) is 12.2. The van der Waals surface area contributed by atoms with E-state index in [1.165, 1.54) is 11.1 Å². The van der Waals surface area contributed by atoms with Crippen LogP contribution in [0.25, 0.3) is 20.8 Å². The Morgan fingerprint density at radius 2 is 1.89 bits per heavy atom. The lowest BCUT2D eigenvalue weighted by Crippen LogP contribution is -2.24. The van der Waals surface area contributed by atoms with E-state index >= 15 is 0 Å². The Hall–Kier alpha value is -3.10. The molecule has 0 amide bonds. The second kappa shape index (κ2) is 9.87. The van der Waals surface area contributed by atoms with E-state index in [4.69, 9.17) is 15.0 Å². The highest BCUT2D eigenvalue weighted by Gasteiger charge is 2.32. The van der Waals surface area contributed by atoms with E-state index in [0.29, 0.717) is 17.8 Å². The van der Waals surface area contributed by atoms with Crippen LogP contribution in [0.5, 0.6) is 0 Å². The molecule has 3 N–H and O–H groups in total. The summed E-state index contributed by atoms with van der Waals surface area (Å²) in [6.45, 7) is 8.69. The maximum atomic E-state index is 9.72. The van der Waals surface area contributed by atoms with Gasteiger partial charge in [0.15, 0.2) is 0 Å². The molecule has 7 nitrogen and oxygen atoms in total. The number of nitrogens with zero attached hydrogens (tertiary/aromatic N) is 4. The van der Waals surface area contributed by atoms with Crippen LogP contribution < -0.4 is 10.6 Å². The third-order valence-corrected chi connectivity index (χ3v) is 8.03. The third kappa shape index (κ3) is 4.99. The molecule has 5 rings (SSSR count). The first kappa shape index (κ1) is 23.6. The lowest BCUT2D eigenvalue weighted by Gasteiger charge is -2.22. The summed E-state index contributed by atoms with van der Waals surface area (Å²) in [6, 6.07) is 10.8. The van der Waals surface area contributed by atoms with E-state index in [-0.39, 0.29) is 18.7 Å². The van der Waals surface area contributed by atoms with Gasteiger partial charge in [0.2, 0.25) is 5.95 Å². The van der Waals surface area contributed by atoms with Gasteiger partial charge in [-0.1, -0.05) is 36.8 Å².